The van der Waals surface area contributed by atoms with Crippen molar-refractivity contribution < 1.29 is 4.79 Å². The summed E-state index contributed by atoms with van der Waals surface area (Å²) in [5.74, 6) is -0.0482. The van der Waals surface area contributed by atoms with Crippen LogP contribution in [-0.4, -0.2) is 12.5 Å². The van der Waals surface area contributed by atoms with Crippen molar-refractivity contribution in [2.75, 3.05) is 6.54 Å². The van der Waals surface area contributed by atoms with E-state index in [0.29, 0.717) is 16.0 Å². The Bertz CT molecular complexity index is 423. The zero-order chi connectivity index (χ0) is 12.5. The van der Waals surface area contributed by atoms with Gasteiger partial charge in [0.05, 0.1) is 0 Å². The van der Waals surface area contributed by atoms with Crippen molar-refractivity contribution in [1.29, 1.82) is 0 Å². The SMILES string of the molecule is CCC1(CNC(=O)c2cc(Cl)cc(Br)c2)CC1. The zero-order valence-corrected chi connectivity index (χ0v) is 12.1. The van der Waals surface area contributed by atoms with Gasteiger partial charge in [-0.15, -0.1) is 0 Å². The lowest BCUT2D eigenvalue weighted by Crippen LogP contribution is -2.29. The van der Waals surface area contributed by atoms with E-state index in [4.69, 9.17) is 11.6 Å². The lowest BCUT2D eigenvalue weighted by atomic mass is 10.0. The summed E-state index contributed by atoms with van der Waals surface area (Å²) < 4.78 is 0.826. The van der Waals surface area contributed by atoms with Crippen molar-refractivity contribution in [3.05, 3.63) is 33.3 Å². The van der Waals surface area contributed by atoms with Gasteiger partial charge < -0.3 is 5.32 Å². The second-order valence-electron chi connectivity index (χ2n) is 4.69. The molecule has 1 fully saturated rings. The zero-order valence-electron chi connectivity index (χ0n) is 9.72. The van der Waals surface area contributed by atoms with Crippen molar-refractivity contribution in [1.82, 2.24) is 5.32 Å². The van der Waals surface area contributed by atoms with Crippen LogP contribution in [-0.2, 0) is 0 Å². The summed E-state index contributed by atoms with van der Waals surface area (Å²) in [6.45, 7) is 2.95. The summed E-state index contributed by atoms with van der Waals surface area (Å²) in [4.78, 5) is 11.9. The van der Waals surface area contributed by atoms with Crippen LogP contribution in [0.5, 0.6) is 0 Å². The van der Waals surface area contributed by atoms with E-state index < -0.39 is 0 Å². The Morgan fingerprint density at radius 2 is 2.18 bits per heavy atom. The van der Waals surface area contributed by atoms with Crippen LogP contribution in [0.3, 0.4) is 0 Å². The Morgan fingerprint density at radius 1 is 1.47 bits per heavy atom. The molecule has 92 valence electrons. The highest BCUT2D eigenvalue weighted by Crippen LogP contribution is 2.47. The fraction of sp³-hybridized carbons (Fsp3) is 0.462. The number of carbonyl (C=O) groups excluding carboxylic acids is 1. The third-order valence-electron chi connectivity index (χ3n) is 3.46. The van der Waals surface area contributed by atoms with Crippen molar-refractivity contribution in [3.8, 4) is 0 Å². The molecule has 0 spiro atoms. The van der Waals surface area contributed by atoms with Crippen LogP contribution in [0.25, 0.3) is 0 Å². The van der Waals surface area contributed by atoms with Crippen LogP contribution in [0.4, 0.5) is 0 Å². The van der Waals surface area contributed by atoms with E-state index in [2.05, 4.69) is 28.2 Å². The number of amides is 1. The predicted octanol–water partition coefficient (Wildman–Crippen LogP) is 4.02. The molecule has 1 aromatic rings. The monoisotopic (exact) mass is 315 g/mol. The summed E-state index contributed by atoms with van der Waals surface area (Å²) in [5, 5.41) is 3.56. The molecule has 1 saturated carbocycles. The number of halogens is 2. The molecule has 0 unspecified atom stereocenters. The van der Waals surface area contributed by atoms with E-state index in [-0.39, 0.29) is 5.91 Å². The van der Waals surface area contributed by atoms with E-state index in [9.17, 15) is 4.79 Å². The van der Waals surface area contributed by atoms with Crippen LogP contribution in [0.15, 0.2) is 22.7 Å². The minimum absolute atomic E-state index is 0.0482. The number of rotatable bonds is 4. The molecule has 1 N–H and O–H groups in total. The molecule has 17 heavy (non-hydrogen) atoms. The van der Waals surface area contributed by atoms with E-state index in [1.54, 1.807) is 18.2 Å². The Hall–Kier alpha value is -0.540. The molecule has 0 bridgehead atoms. The van der Waals surface area contributed by atoms with E-state index in [1.165, 1.54) is 12.8 Å². The van der Waals surface area contributed by atoms with Crippen molar-refractivity contribution in [2.24, 2.45) is 5.41 Å². The minimum Gasteiger partial charge on any atom is -0.351 e. The first-order chi connectivity index (χ1) is 8.04. The first-order valence-corrected chi connectivity index (χ1v) is 6.96. The molecule has 2 rings (SSSR count). The number of nitrogens with one attached hydrogen (secondary N) is 1. The second kappa shape index (κ2) is 4.99. The Labute approximate surface area is 115 Å². The molecule has 0 aromatic heterocycles. The summed E-state index contributed by atoms with van der Waals surface area (Å²) in [6.07, 6.45) is 3.58. The molecule has 0 heterocycles. The van der Waals surface area contributed by atoms with Gasteiger partial charge in [-0.1, -0.05) is 34.5 Å². The lowest BCUT2D eigenvalue weighted by Gasteiger charge is -2.13. The first-order valence-electron chi connectivity index (χ1n) is 5.79. The molecular formula is C13H15BrClNO. The Morgan fingerprint density at radius 3 is 2.71 bits per heavy atom. The Balaban J connectivity index is 1.99. The maximum Gasteiger partial charge on any atom is 0.251 e. The van der Waals surface area contributed by atoms with E-state index in [1.807, 2.05) is 0 Å². The fourth-order valence-corrected chi connectivity index (χ4v) is 2.75. The van der Waals surface area contributed by atoms with E-state index in [0.717, 1.165) is 17.4 Å². The molecule has 0 aliphatic heterocycles. The molecule has 2 nitrogen and oxygen atoms in total. The molecule has 1 aliphatic rings. The molecule has 0 saturated heterocycles. The van der Waals surface area contributed by atoms with E-state index >= 15 is 0 Å². The smallest absolute Gasteiger partial charge is 0.251 e. The minimum atomic E-state index is -0.0482. The third kappa shape index (κ3) is 3.23. The second-order valence-corrected chi connectivity index (χ2v) is 6.05. The quantitative estimate of drug-likeness (QED) is 0.893. The van der Waals surface area contributed by atoms with Gasteiger partial charge >= 0.3 is 0 Å². The maximum atomic E-state index is 11.9. The van der Waals surface area contributed by atoms with Gasteiger partial charge in [0.1, 0.15) is 0 Å². The van der Waals surface area contributed by atoms with Crippen LogP contribution >= 0.6 is 27.5 Å². The highest BCUT2D eigenvalue weighted by atomic mass is 79.9. The summed E-state index contributed by atoms with van der Waals surface area (Å²) in [6, 6.07) is 5.24. The van der Waals surface area contributed by atoms with Crippen molar-refractivity contribution in [3.63, 3.8) is 0 Å². The maximum absolute atomic E-state index is 11.9. The predicted molar refractivity (Wildman–Crippen MR) is 73.4 cm³/mol. The van der Waals surface area contributed by atoms with Crippen LogP contribution in [0.1, 0.15) is 36.5 Å². The molecule has 1 aliphatic carbocycles. The highest BCUT2D eigenvalue weighted by molar-refractivity contribution is 9.10. The average Bonchev–Trinajstić information content (AvgIpc) is 3.05. The van der Waals surface area contributed by atoms with Crippen LogP contribution in [0, 0.1) is 5.41 Å². The van der Waals surface area contributed by atoms with Crippen molar-refractivity contribution >= 4 is 33.4 Å². The lowest BCUT2D eigenvalue weighted by molar-refractivity contribution is 0.0944. The number of hydrogen-bond acceptors (Lipinski definition) is 1. The van der Waals surface area contributed by atoms with Gasteiger partial charge in [-0.05, 0) is 42.9 Å². The van der Waals surface area contributed by atoms with Crippen LogP contribution < -0.4 is 5.32 Å². The molecule has 4 heteroatoms. The summed E-state index contributed by atoms with van der Waals surface area (Å²) in [5.41, 5.74) is 0.974. The highest BCUT2D eigenvalue weighted by Gasteiger charge is 2.40. The van der Waals surface area contributed by atoms with Gasteiger partial charge in [0.25, 0.3) is 5.91 Å². The van der Waals surface area contributed by atoms with Crippen molar-refractivity contribution in [2.45, 2.75) is 26.2 Å². The largest absolute Gasteiger partial charge is 0.351 e. The first kappa shape index (κ1) is 12.9. The standard InChI is InChI=1S/C13H15BrClNO/c1-2-13(3-4-13)8-16-12(17)9-5-10(14)7-11(15)6-9/h5-7H,2-4,8H2,1H3,(H,16,17). The normalized spacial score (nSPS) is 16.6. The number of hydrogen-bond donors (Lipinski definition) is 1. The van der Waals surface area contributed by atoms with Gasteiger partial charge in [-0.25, -0.2) is 0 Å². The summed E-state index contributed by atoms with van der Waals surface area (Å²) in [7, 11) is 0. The average molecular weight is 317 g/mol. The molecular weight excluding hydrogens is 302 g/mol. The van der Waals surface area contributed by atoms with Gasteiger partial charge in [-0.2, -0.15) is 0 Å². The van der Waals surface area contributed by atoms with Gasteiger partial charge in [0.2, 0.25) is 0 Å². The molecule has 1 amide bonds. The number of carbonyl (C=O) groups is 1. The fourth-order valence-electron chi connectivity index (χ4n) is 1.89. The molecule has 1 aromatic carbocycles. The molecule has 0 atom stereocenters. The number of benzene rings is 1. The van der Waals surface area contributed by atoms with Gasteiger partial charge in [0.15, 0.2) is 0 Å². The van der Waals surface area contributed by atoms with Crippen LogP contribution in [0.2, 0.25) is 5.02 Å². The van der Waals surface area contributed by atoms with Gasteiger partial charge in [-0.3, -0.25) is 4.79 Å². The Kier molecular flexibility index (Phi) is 3.79. The third-order valence-corrected chi connectivity index (χ3v) is 4.13. The van der Waals surface area contributed by atoms with Gasteiger partial charge in [0, 0.05) is 21.6 Å². The molecule has 0 radical (unpaired) electrons. The summed E-state index contributed by atoms with van der Waals surface area (Å²) >= 11 is 9.25. The topological polar surface area (TPSA) is 29.1 Å².